The average Bonchev–Trinajstić information content (AvgIpc) is 2.34. The lowest BCUT2D eigenvalue weighted by molar-refractivity contribution is -0.137. The van der Waals surface area contributed by atoms with Crippen LogP contribution in [0.1, 0.15) is 28.4 Å². The van der Waals surface area contributed by atoms with Crippen LogP contribution in [0.15, 0.2) is 12.1 Å². The van der Waals surface area contributed by atoms with Gasteiger partial charge in [-0.3, -0.25) is 9.59 Å². The van der Waals surface area contributed by atoms with Gasteiger partial charge in [-0.2, -0.15) is 0 Å². The van der Waals surface area contributed by atoms with Gasteiger partial charge in [0.25, 0.3) is 5.91 Å². The lowest BCUT2D eigenvalue weighted by Crippen LogP contribution is -2.35. The molecule has 0 spiro atoms. The zero-order valence-electron chi connectivity index (χ0n) is 11.7. The Balaban J connectivity index is 3.08. The molecule has 0 aliphatic carbocycles. The van der Waals surface area contributed by atoms with Crippen molar-refractivity contribution < 1.29 is 19.4 Å². The molecule has 0 aliphatic heterocycles. The van der Waals surface area contributed by atoms with Crippen molar-refractivity contribution in [2.75, 3.05) is 20.2 Å². The third-order valence-electron chi connectivity index (χ3n) is 2.91. The lowest BCUT2D eigenvalue weighted by Gasteiger charge is -2.19. The van der Waals surface area contributed by atoms with Crippen molar-refractivity contribution in [3.63, 3.8) is 0 Å². The minimum atomic E-state index is -1.02. The molecule has 0 saturated heterocycles. The topological polar surface area (TPSA) is 66.8 Å². The summed E-state index contributed by atoms with van der Waals surface area (Å²) >= 11 is 0. The van der Waals surface area contributed by atoms with Crippen molar-refractivity contribution in [1.29, 1.82) is 0 Å². The number of carboxylic acids is 1. The average molecular weight is 265 g/mol. The number of carbonyl (C=O) groups excluding carboxylic acids is 1. The first-order valence-corrected chi connectivity index (χ1v) is 6.07. The standard InChI is InChI=1S/C14H19NO4/c1-5-15(8-12(16)17)14(18)11-6-9(2)13(19-4)10(3)7-11/h6-7H,5,8H2,1-4H3,(H,16,17). The molecule has 5 heteroatoms. The minimum absolute atomic E-state index is 0.279. The predicted octanol–water partition coefficient (Wildman–Crippen LogP) is 1.86. The third kappa shape index (κ3) is 3.47. The van der Waals surface area contributed by atoms with Crippen LogP contribution in [0, 0.1) is 13.8 Å². The van der Waals surface area contributed by atoms with Gasteiger partial charge in [-0.15, -0.1) is 0 Å². The summed E-state index contributed by atoms with van der Waals surface area (Å²) in [5.74, 6) is -0.547. The number of carbonyl (C=O) groups is 2. The Labute approximate surface area is 112 Å². The van der Waals surface area contributed by atoms with E-state index in [9.17, 15) is 9.59 Å². The number of likely N-dealkylation sites (N-methyl/N-ethyl adjacent to an activating group) is 1. The molecule has 1 aromatic carbocycles. The van der Waals surface area contributed by atoms with Gasteiger partial charge < -0.3 is 14.7 Å². The van der Waals surface area contributed by atoms with Crippen LogP contribution in [0.3, 0.4) is 0 Å². The number of aliphatic carboxylic acids is 1. The number of amides is 1. The van der Waals surface area contributed by atoms with E-state index in [2.05, 4.69) is 0 Å². The fourth-order valence-corrected chi connectivity index (χ4v) is 2.07. The van der Waals surface area contributed by atoms with E-state index in [1.54, 1.807) is 26.2 Å². The third-order valence-corrected chi connectivity index (χ3v) is 2.91. The number of methoxy groups -OCH3 is 1. The molecule has 1 amide bonds. The molecule has 104 valence electrons. The fraction of sp³-hybridized carbons (Fsp3) is 0.429. The van der Waals surface area contributed by atoms with Gasteiger partial charge in [0, 0.05) is 12.1 Å². The molecule has 0 bridgehead atoms. The largest absolute Gasteiger partial charge is 0.496 e. The van der Waals surface area contributed by atoms with Gasteiger partial charge in [0.2, 0.25) is 0 Å². The smallest absolute Gasteiger partial charge is 0.323 e. The molecule has 0 radical (unpaired) electrons. The summed E-state index contributed by atoms with van der Waals surface area (Å²) in [6.07, 6.45) is 0. The molecule has 19 heavy (non-hydrogen) atoms. The van der Waals surface area contributed by atoms with Gasteiger partial charge in [0.1, 0.15) is 12.3 Å². The maximum atomic E-state index is 12.2. The van der Waals surface area contributed by atoms with Crippen molar-refractivity contribution in [1.82, 2.24) is 4.90 Å². The fourth-order valence-electron chi connectivity index (χ4n) is 2.07. The van der Waals surface area contributed by atoms with Gasteiger partial charge in [-0.05, 0) is 44.0 Å². The first-order chi connectivity index (χ1) is 8.90. The van der Waals surface area contributed by atoms with Crippen molar-refractivity contribution in [3.8, 4) is 5.75 Å². The highest BCUT2D eigenvalue weighted by Crippen LogP contribution is 2.24. The van der Waals surface area contributed by atoms with Crippen LogP contribution >= 0.6 is 0 Å². The van der Waals surface area contributed by atoms with E-state index in [4.69, 9.17) is 9.84 Å². The van der Waals surface area contributed by atoms with Crippen molar-refractivity contribution in [3.05, 3.63) is 28.8 Å². The van der Waals surface area contributed by atoms with E-state index in [0.29, 0.717) is 12.1 Å². The lowest BCUT2D eigenvalue weighted by atomic mass is 10.0. The zero-order valence-corrected chi connectivity index (χ0v) is 11.7. The Bertz CT molecular complexity index is 473. The minimum Gasteiger partial charge on any atom is -0.496 e. The molecule has 0 aromatic heterocycles. The molecule has 0 saturated carbocycles. The van der Waals surface area contributed by atoms with E-state index in [-0.39, 0.29) is 12.5 Å². The van der Waals surface area contributed by atoms with Gasteiger partial charge in [-0.1, -0.05) is 0 Å². The van der Waals surface area contributed by atoms with Gasteiger partial charge >= 0.3 is 5.97 Å². The number of hydrogen-bond donors (Lipinski definition) is 1. The monoisotopic (exact) mass is 265 g/mol. The van der Waals surface area contributed by atoms with E-state index in [1.165, 1.54) is 4.90 Å². The highest BCUT2D eigenvalue weighted by Gasteiger charge is 2.18. The van der Waals surface area contributed by atoms with Crippen LogP contribution < -0.4 is 4.74 Å². The van der Waals surface area contributed by atoms with Crippen LogP contribution in [-0.4, -0.2) is 42.1 Å². The summed E-state index contributed by atoms with van der Waals surface area (Å²) < 4.78 is 5.24. The van der Waals surface area contributed by atoms with E-state index in [1.807, 2.05) is 13.8 Å². The predicted molar refractivity (Wildman–Crippen MR) is 71.7 cm³/mol. The second kappa shape index (κ2) is 6.22. The molecule has 0 atom stereocenters. The Morgan fingerprint density at radius 2 is 1.79 bits per heavy atom. The van der Waals surface area contributed by atoms with Crippen LogP contribution in [0.4, 0.5) is 0 Å². The molecular weight excluding hydrogens is 246 g/mol. The molecule has 1 rings (SSSR count). The number of aryl methyl sites for hydroxylation is 2. The van der Waals surface area contributed by atoms with Crippen LogP contribution in [-0.2, 0) is 4.79 Å². The molecule has 0 fully saturated rings. The molecule has 0 unspecified atom stereocenters. The number of carboxylic acid groups (broad SMARTS) is 1. The van der Waals surface area contributed by atoms with Crippen LogP contribution in [0.5, 0.6) is 5.75 Å². The molecule has 0 heterocycles. The summed E-state index contributed by atoms with van der Waals surface area (Å²) in [5, 5.41) is 8.79. The van der Waals surface area contributed by atoms with Gasteiger partial charge in [-0.25, -0.2) is 0 Å². The SMILES string of the molecule is CCN(CC(=O)O)C(=O)c1cc(C)c(OC)c(C)c1. The first-order valence-electron chi connectivity index (χ1n) is 6.07. The Hall–Kier alpha value is -2.04. The van der Waals surface area contributed by atoms with Crippen molar-refractivity contribution >= 4 is 11.9 Å². The van der Waals surface area contributed by atoms with E-state index >= 15 is 0 Å². The quantitative estimate of drug-likeness (QED) is 0.882. The van der Waals surface area contributed by atoms with Crippen molar-refractivity contribution in [2.24, 2.45) is 0 Å². The summed E-state index contributed by atoms with van der Waals surface area (Å²) in [6.45, 7) is 5.53. The highest BCUT2D eigenvalue weighted by atomic mass is 16.5. The van der Waals surface area contributed by atoms with Crippen molar-refractivity contribution in [2.45, 2.75) is 20.8 Å². The first kappa shape index (κ1) is 15.0. The van der Waals surface area contributed by atoms with E-state index in [0.717, 1.165) is 16.9 Å². The van der Waals surface area contributed by atoms with E-state index < -0.39 is 5.97 Å². The summed E-state index contributed by atoms with van der Waals surface area (Å²) in [7, 11) is 1.58. The number of hydrogen-bond acceptors (Lipinski definition) is 3. The number of rotatable bonds is 5. The Kier molecular flexibility index (Phi) is 4.92. The number of benzene rings is 1. The van der Waals surface area contributed by atoms with Crippen LogP contribution in [0.2, 0.25) is 0 Å². The molecule has 1 aromatic rings. The summed E-state index contributed by atoms with van der Waals surface area (Å²) in [4.78, 5) is 24.3. The Morgan fingerprint density at radius 3 is 2.16 bits per heavy atom. The second-order valence-corrected chi connectivity index (χ2v) is 4.36. The maximum Gasteiger partial charge on any atom is 0.323 e. The number of ether oxygens (including phenoxy) is 1. The molecule has 5 nitrogen and oxygen atoms in total. The summed E-state index contributed by atoms with van der Waals surface area (Å²) in [6, 6.07) is 3.44. The van der Waals surface area contributed by atoms with Gasteiger partial charge in [0.15, 0.2) is 0 Å². The zero-order chi connectivity index (χ0) is 14.6. The molecule has 1 N–H and O–H groups in total. The second-order valence-electron chi connectivity index (χ2n) is 4.36. The number of nitrogens with zero attached hydrogens (tertiary/aromatic N) is 1. The maximum absolute atomic E-state index is 12.2. The molecular formula is C14H19NO4. The Morgan fingerprint density at radius 1 is 1.26 bits per heavy atom. The molecule has 0 aliphatic rings. The summed E-state index contributed by atoms with van der Waals surface area (Å²) in [5.41, 5.74) is 2.20. The van der Waals surface area contributed by atoms with Crippen LogP contribution in [0.25, 0.3) is 0 Å². The van der Waals surface area contributed by atoms with Gasteiger partial charge in [0.05, 0.1) is 7.11 Å². The normalized spacial score (nSPS) is 10.1. The highest BCUT2D eigenvalue weighted by molar-refractivity contribution is 5.96.